The Bertz CT molecular complexity index is 1710. The van der Waals surface area contributed by atoms with Crippen molar-refractivity contribution in [2.75, 3.05) is 54.4 Å². The highest BCUT2D eigenvalue weighted by atomic mass is 16.7. The standard InChI is InChI=1S/C48H83N5O12/c1-15-36-47(10,57)40(54)32(6)50-26-28(2)24-45(8,56)41(65-43-39-35(23-29(3)60-43)53(13)44(64-39)51-34-19-17-16-18-20-34)30(4)38(31(5)42(55)62-36)63-37-25-46(9,59-14)48(58,33(7)61-37)27-49-21-22-52(11)12/h16-20,28-33,35-41,43,49-50,54,56-58H,15,21-27H2,1-14H3/b51-44-/t28-,29-,30+,31-,32-,33+,35+,36-,37+,38+,39-,40-,41-,43+,45-,46-,47-,48+/m1/s1. The van der Waals surface area contributed by atoms with E-state index in [0.29, 0.717) is 25.5 Å². The summed E-state index contributed by atoms with van der Waals surface area (Å²) in [4.78, 5) is 23.4. The molecule has 0 radical (unpaired) electrons. The number of para-hydroxylation sites is 1. The first kappa shape index (κ1) is 53.4. The van der Waals surface area contributed by atoms with Gasteiger partial charge in [-0.25, -0.2) is 0 Å². The number of carbonyl (C=O) groups is 1. The summed E-state index contributed by atoms with van der Waals surface area (Å²) < 4.78 is 46.0. The normalized spacial score (nSPS) is 44.3. The Morgan fingerprint density at radius 1 is 0.985 bits per heavy atom. The Morgan fingerprint density at radius 2 is 1.66 bits per heavy atom. The average Bonchev–Trinajstić information content (AvgIpc) is 3.55. The molecule has 4 aliphatic heterocycles. The number of fused-ring (bicyclic) bond motifs is 1. The molecule has 17 heteroatoms. The Hall–Kier alpha value is -2.52. The van der Waals surface area contributed by atoms with Crippen LogP contribution in [0.1, 0.15) is 94.9 Å². The molecule has 0 spiro atoms. The number of benzene rings is 1. The molecule has 4 heterocycles. The molecule has 0 saturated carbocycles. The number of aliphatic imine (C=N–C) groups is 1. The minimum absolute atomic E-state index is 0.0857. The molecule has 0 aromatic heterocycles. The van der Waals surface area contributed by atoms with E-state index < -0.39 is 95.5 Å². The van der Waals surface area contributed by atoms with E-state index in [9.17, 15) is 25.2 Å². The number of aliphatic hydroxyl groups excluding tert-OH is 1. The van der Waals surface area contributed by atoms with E-state index in [4.69, 9.17) is 38.2 Å². The largest absolute Gasteiger partial charge is 0.459 e. The molecule has 0 aliphatic carbocycles. The summed E-state index contributed by atoms with van der Waals surface area (Å²) >= 11 is 0. The van der Waals surface area contributed by atoms with Gasteiger partial charge in [-0.05, 0) is 106 Å². The molecule has 0 unspecified atom stereocenters. The average molecular weight is 922 g/mol. The van der Waals surface area contributed by atoms with Gasteiger partial charge in [0.25, 0.3) is 6.02 Å². The third-order valence-corrected chi connectivity index (χ3v) is 14.7. The minimum Gasteiger partial charge on any atom is -0.459 e. The van der Waals surface area contributed by atoms with Crippen molar-refractivity contribution in [2.45, 2.75) is 185 Å². The molecule has 4 fully saturated rings. The number of rotatable bonds is 12. The number of amidine groups is 1. The molecule has 65 heavy (non-hydrogen) atoms. The van der Waals surface area contributed by atoms with Crippen molar-refractivity contribution in [3.05, 3.63) is 30.3 Å². The first-order valence-electron chi connectivity index (χ1n) is 23.7. The maximum Gasteiger partial charge on any atom is 0.311 e. The highest BCUT2D eigenvalue weighted by molar-refractivity contribution is 5.79. The number of ether oxygens (including phenoxy) is 7. The fourth-order valence-corrected chi connectivity index (χ4v) is 10.4. The highest BCUT2D eigenvalue weighted by Gasteiger charge is 2.59. The van der Waals surface area contributed by atoms with Gasteiger partial charge in [0, 0.05) is 52.2 Å². The van der Waals surface area contributed by atoms with Crippen LogP contribution in [0.25, 0.3) is 0 Å². The zero-order valence-electron chi connectivity index (χ0n) is 41.5. The van der Waals surface area contributed by atoms with Crippen molar-refractivity contribution in [3.8, 4) is 0 Å². The predicted octanol–water partition coefficient (Wildman–Crippen LogP) is 3.18. The number of hydrogen-bond donors (Lipinski definition) is 6. The van der Waals surface area contributed by atoms with E-state index >= 15 is 0 Å². The summed E-state index contributed by atoms with van der Waals surface area (Å²) in [7, 11) is 7.45. The molecule has 6 N–H and O–H groups in total. The summed E-state index contributed by atoms with van der Waals surface area (Å²) in [6.07, 6.45) is -6.95. The van der Waals surface area contributed by atoms with E-state index in [1.165, 1.54) is 6.92 Å². The van der Waals surface area contributed by atoms with Crippen LogP contribution in [0.5, 0.6) is 0 Å². The monoisotopic (exact) mass is 922 g/mol. The fraction of sp³-hybridized carbons (Fsp3) is 0.833. The van der Waals surface area contributed by atoms with Crippen LogP contribution in [0.4, 0.5) is 5.69 Å². The smallest absolute Gasteiger partial charge is 0.311 e. The molecule has 372 valence electrons. The van der Waals surface area contributed by atoms with E-state index in [2.05, 4.69) is 10.6 Å². The molecule has 1 aromatic carbocycles. The number of nitrogens with zero attached hydrogens (tertiary/aromatic N) is 3. The molecular weight excluding hydrogens is 839 g/mol. The highest BCUT2D eigenvalue weighted by Crippen LogP contribution is 2.44. The lowest BCUT2D eigenvalue weighted by molar-refractivity contribution is -0.335. The van der Waals surface area contributed by atoms with E-state index in [0.717, 1.165) is 12.2 Å². The van der Waals surface area contributed by atoms with Crippen LogP contribution >= 0.6 is 0 Å². The van der Waals surface area contributed by atoms with Gasteiger partial charge in [-0.15, -0.1) is 0 Å². The second-order valence-electron chi connectivity index (χ2n) is 20.5. The first-order chi connectivity index (χ1) is 30.4. The molecule has 0 bridgehead atoms. The van der Waals surface area contributed by atoms with Crippen molar-refractivity contribution in [1.82, 2.24) is 20.4 Å². The second-order valence-corrected chi connectivity index (χ2v) is 20.5. The third-order valence-electron chi connectivity index (χ3n) is 14.7. The number of nitrogens with one attached hydrogen (secondary N) is 2. The summed E-state index contributed by atoms with van der Waals surface area (Å²) in [5, 5.41) is 55.1. The van der Waals surface area contributed by atoms with Crippen molar-refractivity contribution >= 4 is 17.7 Å². The van der Waals surface area contributed by atoms with Gasteiger partial charge in [0.15, 0.2) is 18.7 Å². The van der Waals surface area contributed by atoms with Gasteiger partial charge < -0.3 is 74.0 Å². The second kappa shape index (κ2) is 21.8. The van der Waals surface area contributed by atoms with E-state index in [1.54, 1.807) is 41.7 Å². The van der Waals surface area contributed by atoms with Crippen LogP contribution in [0.15, 0.2) is 35.3 Å². The molecule has 17 nitrogen and oxygen atoms in total. The van der Waals surface area contributed by atoms with Gasteiger partial charge in [0.05, 0.1) is 47.7 Å². The number of aliphatic hydroxyl groups is 4. The molecule has 0 amide bonds. The Balaban J connectivity index is 1.56. The van der Waals surface area contributed by atoms with Crippen LogP contribution in [0.3, 0.4) is 0 Å². The van der Waals surface area contributed by atoms with Gasteiger partial charge in [0.1, 0.15) is 29.0 Å². The zero-order chi connectivity index (χ0) is 48.2. The van der Waals surface area contributed by atoms with Gasteiger partial charge in [0.2, 0.25) is 0 Å². The number of methoxy groups -OCH3 is 1. The Labute approximate surface area is 387 Å². The van der Waals surface area contributed by atoms with E-state index in [1.807, 2.05) is 89.0 Å². The summed E-state index contributed by atoms with van der Waals surface area (Å²) in [5.74, 6) is -2.66. The maximum atomic E-state index is 14.6. The summed E-state index contributed by atoms with van der Waals surface area (Å²) in [6.45, 7) is 19.8. The van der Waals surface area contributed by atoms with Gasteiger partial charge >= 0.3 is 5.97 Å². The topological polar surface area (TPSA) is 206 Å². The van der Waals surface area contributed by atoms with E-state index in [-0.39, 0.29) is 43.9 Å². The van der Waals surface area contributed by atoms with Gasteiger partial charge in [-0.1, -0.05) is 39.0 Å². The van der Waals surface area contributed by atoms with Gasteiger partial charge in [-0.2, -0.15) is 4.99 Å². The maximum absolute atomic E-state index is 14.6. The first-order valence-corrected chi connectivity index (χ1v) is 23.7. The number of cyclic esters (lactones) is 1. The number of likely N-dealkylation sites (N-methyl/N-ethyl adjacent to an activating group) is 2. The Morgan fingerprint density at radius 3 is 2.29 bits per heavy atom. The fourth-order valence-electron chi connectivity index (χ4n) is 10.4. The van der Waals surface area contributed by atoms with Crippen LogP contribution in [0.2, 0.25) is 0 Å². The predicted molar refractivity (Wildman–Crippen MR) is 246 cm³/mol. The minimum atomic E-state index is -1.82. The van der Waals surface area contributed by atoms with Gasteiger partial charge in [-0.3, -0.25) is 4.79 Å². The summed E-state index contributed by atoms with van der Waals surface area (Å²) in [6, 6.07) is 9.21. The third kappa shape index (κ3) is 12.0. The lowest BCUT2D eigenvalue weighted by Gasteiger charge is -2.53. The lowest BCUT2D eigenvalue weighted by atomic mass is 9.75. The number of hydrogen-bond acceptors (Lipinski definition) is 16. The molecule has 4 aliphatic rings. The molecule has 1 aromatic rings. The number of esters is 1. The zero-order valence-corrected chi connectivity index (χ0v) is 41.5. The van der Waals surface area contributed by atoms with Crippen LogP contribution < -0.4 is 10.6 Å². The van der Waals surface area contributed by atoms with Crippen LogP contribution in [-0.2, 0) is 38.0 Å². The van der Waals surface area contributed by atoms with Crippen molar-refractivity contribution in [2.24, 2.45) is 22.7 Å². The van der Waals surface area contributed by atoms with Crippen molar-refractivity contribution in [3.63, 3.8) is 0 Å². The lowest BCUT2D eigenvalue weighted by Crippen LogP contribution is -2.70. The van der Waals surface area contributed by atoms with Crippen molar-refractivity contribution in [1.29, 1.82) is 0 Å². The quantitative estimate of drug-likeness (QED) is 0.132. The molecule has 18 atom stereocenters. The molecule has 4 saturated heterocycles. The Kier molecular flexibility index (Phi) is 18.0. The number of carbonyl (C=O) groups excluding carboxylic acids is 1. The SMILES string of the molecule is CC[C@H]1OC(=O)[C@H](C)[C@@H](O[C@H]2C[C@@](C)(OC)[C@](O)(CNCCN(C)C)[C@H](C)O2)[C@H](C)[C@@H](O[C@@H]2O[C@H](C)C[C@H]3[C@H]2O/C(=N\c2ccccc2)N3C)[C@](C)(O)C[C@@H](C)CN[C@H](C)[C@@H](O)[C@]1(C)O. The molecule has 5 rings (SSSR count). The molecular formula is C48H83N5O12. The summed E-state index contributed by atoms with van der Waals surface area (Å²) in [5.41, 5.74) is -5.29. The van der Waals surface area contributed by atoms with Crippen molar-refractivity contribution < 1.29 is 58.4 Å². The van der Waals surface area contributed by atoms with Crippen LogP contribution in [-0.4, -0.2) is 186 Å². The van der Waals surface area contributed by atoms with Crippen LogP contribution in [0, 0.1) is 17.8 Å².